The second-order valence-electron chi connectivity index (χ2n) is 13.9. The average Bonchev–Trinajstić information content (AvgIpc) is 3.14. The smallest absolute Gasteiger partial charge is 0.248 e. The van der Waals surface area contributed by atoms with Gasteiger partial charge in [-0.2, -0.15) is 0 Å². The van der Waals surface area contributed by atoms with Gasteiger partial charge < -0.3 is 44.1 Å². The Kier molecular flexibility index (Phi) is 15.6. The highest BCUT2D eigenvalue weighted by atomic mass is 127. The number of aldehydes is 1. The number of benzene rings is 2. The number of halogens is 1. The molecular formula is C39H53IN2O10. The maximum Gasteiger partial charge on any atom is 0.248 e. The lowest BCUT2D eigenvalue weighted by molar-refractivity contribution is -0.148. The van der Waals surface area contributed by atoms with Crippen LogP contribution in [0.2, 0.25) is 0 Å². The summed E-state index contributed by atoms with van der Waals surface area (Å²) in [5.41, 5.74) is 1.46. The minimum Gasteiger partial charge on any atom is -0.497 e. The summed E-state index contributed by atoms with van der Waals surface area (Å²) in [4.78, 5) is 41.0. The highest BCUT2D eigenvalue weighted by Crippen LogP contribution is 2.38. The number of hydrogen-bond acceptors (Lipinski definition) is 10. The van der Waals surface area contributed by atoms with Crippen molar-refractivity contribution >= 4 is 40.7 Å². The van der Waals surface area contributed by atoms with Gasteiger partial charge in [0.05, 0.1) is 43.7 Å². The summed E-state index contributed by atoms with van der Waals surface area (Å²) in [6.45, 7) is 6.31. The van der Waals surface area contributed by atoms with E-state index in [-0.39, 0.29) is 61.8 Å². The fourth-order valence-corrected chi connectivity index (χ4v) is 7.95. The van der Waals surface area contributed by atoms with E-state index >= 15 is 0 Å². The van der Waals surface area contributed by atoms with Crippen LogP contribution >= 0.6 is 22.6 Å². The molecule has 2 aliphatic carbocycles. The molecule has 0 saturated heterocycles. The standard InChI is InChI=1S/C39H53IN2O10/c1-23(2)29-9-7-24(3)15-33(29)51-22-36(45)42(13-11-26-18-28(48-4)8-10-32(26)49-5)31-19-27(39(47)41-12-14-43)20-34(37(31)46)52-38-30(40)16-25(21-44)17-35(38)50-6/h8,10,16-18,20-21,23-24,29,31,33-34,37,43,46H,7,9,11-15,19,22H2,1-6H3,(H,41,47). The van der Waals surface area contributed by atoms with Gasteiger partial charge in [0.25, 0.3) is 0 Å². The van der Waals surface area contributed by atoms with Gasteiger partial charge in [-0.3, -0.25) is 14.4 Å². The number of carbonyl (C=O) groups excluding carboxylic acids is 3. The molecule has 286 valence electrons. The van der Waals surface area contributed by atoms with E-state index in [2.05, 4.69) is 26.1 Å². The van der Waals surface area contributed by atoms with E-state index in [1.54, 1.807) is 37.3 Å². The van der Waals surface area contributed by atoms with Crippen LogP contribution in [-0.4, -0.2) is 105 Å². The number of nitrogens with zero attached hydrogens (tertiary/aromatic N) is 1. The number of nitrogens with one attached hydrogen (secondary N) is 1. The van der Waals surface area contributed by atoms with Gasteiger partial charge in [0.15, 0.2) is 11.5 Å². The molecule has 4 rings (SSSR count). The quantitative estimate of drug-likeness (QED) is 0.152. The van der Waals surface area contributed by atoms with Crippen LogP contribution in [0.4, 0.5) is 0 Å². The molecule has 2 aromatic carbocycles. The minimum atomic E-state index is -1.28. The zero-order valence-corrected chi connectivity index (χ0v) is 33.1. The molecule has 0 radical (unpaired) electrons. The topological polar surface area (TPSA) is 153 Å². The summed E-state index contributed by atoms with van der Waals surface area (Å²) in [7, 11) is 4.59. The summed E-state index contributed by atoms with van der Waals surface area (Å²) in [6, 6.07) is 7.70. The van der Waals surface area contributed by atoms with Gasteiger partial charge in [0, 0.05) is 30.6 Å². The Bertz CT molecular complexity index is 1570. The molecule has 0 aromatic heterocycles. The number of amides is 2. The predicted molar refractivity (Wildman–Crippen MR) is 204 cm³/mol. The summed E-state index contributed by atoms with van der Waals surface area (Å²) in [5, 5.41) is 24.2. The second-order valence-corrected chi connectivity index (χ2v) is 15.0. The molecule has 13 heteroatoms. The van der Waals surface area contributed by atoms with Gasteiger partial charge in [0.1, 0.15) is 36.6 Å². The first-order valence-corrected chi connectivity index (χ1v) is 18.9. The van der Waals surface area contributed by atoms with Crippen molar-refractivity contribution in [1.29, 1.82) is 0 Å². The Labute approximate surface area is 320 Å². The number of rotatable bonds is 17. The zero-order valence-electron chi connectivity index (χ0n) is 30.9. The fourth-order valence-electron chi connectivity index (χ4n) is 7.20. The minimum absolute atomic E-state index is 0.0205. The number of aliphatic hydroxyl groups excluding tert-OH is 2. The summed E-state index contributed by atoms with van der Waals surface area (Å²) >= 11 is 2.02. The van der Waals surface area contributed by atoms with E-state index in [4.69, 9.17) is 23.7 Å². The number of ether oxygens (including phenoxy) is 5. The third-order valence-corrected chi connectivity index (χ3v) is 10.9. The molecule has 0 heterocycles. The van der Waals surface area contributed by atoms with Gasteiger partial charge in [-0.1, -0.05) is 27.2 Å². The molecule has 52 heavy (non-hydrogen) atoms. The van der Waals surface area contributed by atoms with E-state index < -0.39 is 24.2 Å². The van der Waals surface area contributed by atoms with Crippen molar-refractivity contribution in [2.45, 2.75) is 77.2 Å². The fraction of sp³-hybridized carbons (Fsp3) is 0.564. The van der Waals surface area contributed by atoms with Crippen LogP contribution in [0, 0.1) is 21.3 Å². The second kappa shape index (κ2) is 19.6. The van der Waals surface area contributed by atoms with Crippen molar-refractivity contribution in [1.82, 2.24) is 10.2 Å². The average molecular weight is 837 g/mol. The molecule has 0 aliphatic heterocycles. The third-order valence-electron chi connectivity index (χ3n) is 10.1. The molecule has 3 N–H and O–H groups in total. The van der Waals surface area contributed by atoms with Crippen molar-refractivity contribution in [3.05, 3.63) is 56.7 Å². The van der Waals surface area contributed by atoms with Crippen molar-refractivity contribution in [2.75, 3.05) is 47.6 Å². The molecule has 2 aromatic rings. The highest BCUT2D eigenvalue weighted by molar-refractivity contribution is 14.1. The van der Waals surface area contributed by atoms with Crippen LogP contribution in [-0.2, 0) is 20.7 Å². The Balaban J connectivity index is 1.72. The molecule has 6 atom stereocenters. The van der Waals surface area contributed by atoms with E-state index in [0.29, 0.717) is 51.1 Å². The van der Waals surface area contributed by atoms with Gasteiger partial charge in [-0.15, -0.1) is 0 Å². The number of hydrogen-bond donors (Lipinski definition) is 3. The first-order valence-electron chi connectivity index (χ1n) is 17.8. The van der Waals surface area contributed by atoms with Crippen molar-refractivity contribution < 1.29 is 48.3 Å². The van der Waals surface area contributed by atoms with Gasteiger partial charge in [-0.25, -0.2) is 0 Å². The molecule has 6 unspecified atom stereocenters. The Morgan fingerprint density at radius 2 is 1.83 bits per heavy atom. The monoisotopic (exact) mass is 836 g/mol. The highest BCUT2D eigenvalue weighted by Gasteiger charge is 2.41. The first-order chi connectivity index (χ1) is 24.9. The molecule has 2 amide bonds. The van der Waals surface area contributed by atoms with Crippen molar-refractivity contribution in [3.8, 4) is 23.0 Å². The van der Waals surface area contributed by atoms with Gasteiger partial charge in [-0.05, 0) is 102 Å². The van der Waals surface area contributed by atoms with E-state index in [9.17, 15) is 24.6 Å². The van der Waals surface area contributed by atoms with Crippen LogP contribution in [0.25, 0.3) is 0 Å². The molecule has 2 aliphatic rings. The van der Waals surface area contributed by atoms with Crippen molar-refractivity contribution in [3.63, 3.8) is 0 Å². The number of aliphatic hydroxyl groups is 2. The van der Waals surface area contributed by atoms with Crippen molar-refractivity contribution in [2.24, 2.45) is 17.8 Å². The van der Waals surface area contributed by atoms with Crippen LogP contribution in [0.15, 0.2) is 42.0 Å². The molecule has 12 nitrogen and oxygen atoms in total. The third kappa shape index (κ3) is 10.4. The van der Waals surface area contributed by atoms with Gasteiger partial charge >= 0.3 is 0 Å². The Hall–Kier alpha value is -3.40. The first kappa shape index (κ1) is 41.4. The number of methoxy groups -OCH3 is 3. The predicted octanol–water partition coefficient (Wildman–Crippen LogP) is 4.59. The van der Waals surface area contributed by atoms with Crippen LogP contribution in [0.5, 0.6) is 23.0 Å². The lowest BCUT2D eigenvalue weighted by Crippen LogP contribution is -2.56. The lowest BCUT2D eigenvalue weighted by atomic mass is 9.75. The number of carbonyl (C=O) groups is 3. The van der Waals surface area contributed by atoms with Crippen LogP contribution in [0.1, 0.15) is 62.4 Å². The molecule has 0 bridgehead atoms. The normalized spacial score (nSPS) is 23.0. The SMILES string of the molecule is COc1ccc(OC)c(CCN(C(=O)COC2CC(C)CCC2C(C)C)C2CC(C(=O)NCCO)=CC(Oc3c(I)cc(C=O)cc3OC)C2O)c1. The maximum absolute atomic E-state index is 14.4. The van der Waals surface area contributed by atoms with Crippen LogP contribution in [0.3, 0.4) is 0 Å². The summed E-state index contributed by atoms with van der Waals surface area (Å²) < 4.78 is 30.0. The van der Waals surface area contributed by atoms with E-state index in [1.807, 2.05) is 28.7 Å². The maximum atomic E-state index is 14.4. The molecular weight excluding hydrogens is 783 g/mol. The summed E-state index contributed by atoms with van der Waals surface area (Å²) in [5.74, 6) is 2.22. The summed E-state index contributed by atoms with van der Waals surface area (Å²) in [6.07, 6.45) is 3.17. The molecule has 1 fully saturated rings. The Morgan fingerprint density at radius 3 is 2.48 bits per heavy atom. The zero-order chi connectivity index (χ0) is 37.9. The molecule has 0 spiro atoms. The van der Waals surface area contributed by atoms with Crippen LogP contribution < -0.4 is 24.3 Å². The van der Waals surface area contributed by atoms with Gasteiger partial charge in [0.2, 0.25) is 11.8 Å². The molecule has 1 saturated carbocycles. The lowest BCUT2D eigenvalue weighted by Gasteiger charge is -2.41. The largest absolute Gasteiger partial charge is 0.497 e. The Morgan fingerprint density at radius 1 is 1.08 bits per heavy atom. The van der Waals surface area contributed by atoms with E-state index in [1.165, 1.54) is 19.3 Å². The van der Waals surface area contributed by atoms with E-state index in [0.717, 1.165) is 24.8 Å².